The molecule has 3 aromatic rings. The Morgan fingerprint density at radius 2 is 1.83 bits per heavy atom. The molecule has 0 aliphatic heterocycles. The largest absolute Gasteiger partial charge is 0.434 e. The molecule has 0 atom stereocenters. The van der Waals surface area contributed by atoms with Crippen LogP contribution in [0, 0.1) is 10.1 Å². The topological polar surface area (TPSA) is 91.3 Å². The number of para-hydroxylation sites is 1. The number of hydrogen-bond acceptors (Lipinski definition) is 6. The fourth-order valence-electron chi connectivity index (χ4n) is 2.02. The first-order valence-corrected chi connectivity index (χ1v) is 6.67. The minimum absolute atomic E-state index is 0.000368. The molecule has 0 unspecified atom stereocenters. The van der Waals surface area contributed by atoms with Gasteiger partial charge in [-0.15, -0.1) is 0 Å². The molecule has 0 amide bonds. The summed E-state index contributed by atoms with van der Waals surface area (Å²) in [5, 5.41) is 14.4. The molecule has 0 saturated carbocycles. The van der Waals surface area contributed by atoms with Gasteiger partial charge in [-0.05, 0) is 24.3 Å². The van der Waals surface area contributed by atoms with Crippen molar-refractivity contribution < 1.29 is 23.0 Å². The van der Waals surface area contributed by atoms with E-state index < -0.39 is 11.5 Å². The van der Waals surface area contributed by atoms with E-state index in [4.69, 9.17) is 4.52 Å². The lowest BCUT2D eigenvalue weighted by atomic mass is 10.2. The van der Waals surface area contributed by atoms with Gasteiger partial charge in [0, 0.05) is 17.7 Å². The molecular formula is C15H9F2N3O4. The summed E-state index contributed by atoms with van der Waals surface area (Å²) in [5.41, 5.74) is 0.638. The summed E-state index contributed by atoms with van der Waals surface area (Å²) in [6, 6.07) is 11.6. The standard InChI is InChI=1S/C15H9F2N3O4/c16-15(17)23-12-4-2-1-3-11(12)14-18-13(19-24-14)9-5-7-10(8-6-9)20(21)22/h1-8,15H. The Morgan fingerprint density at radius 1 is 1.12 bits per heavy atom. The van der Waals surface area contributed by atoms with Crippen molar-refractivity contribution in [2.75, 3.05) is 0 Å². The minimum atomic E-state index is -2.98. The quantitative estimate of drug-likeness (QED) is 0.519. The third kappa shape index (κ3) is 3.19. The van der Waals surface area contributed by atoms with Gasteiger partial charge in [0.2, 0.25) is 5.82 Å². The highest BCUT2D eigenvalue weighted by Crippen LogP contribution is 2.31. The Hall–Kier alpha value is -3.36. The molecule has 0 bridgehead atoms. The number of nitro benzene ring substituents is 1. The van der Waals surface area contributed by atoms with Crippen molar-refractivity contribution in [1.29, 1.82) is 0 Å². The van der Waals surface area contributed by atoms with Gasteiger partial charge < -0.3 is 9.26 Å². The number of hydrogen-bond donors (Lipinski definition) is 0. The van der Waals surface area contributed by atoms with Crippen LogP contribution < -0.4 is 4.74 Å². The van der Waals surface area contributed by atoms with Gasteiger partial charge in [-0.25, -0.2) is 0 Å². The van der Waals surface area contributed by atoms with Crippen LogP contribution in [0.2, 0.25) is 0 Å². The van der Waals surface area contributed by atoms with E-state index in [1.54, 1.807) is 6.07 Å². The van der Waals surface area contributed by atoms with Crippen LogP contribution in [0.25, 0.3) is 22.8 Å². The fraction of sp³-hybridized carbons (Fsp3) is 0.0667. The van der Waals surface area contributed by atoms with Gasteiger partial charge in [-0.2, -0.15) is 13.8 Å². The Bertz CT molecular complexity index is 865. The maximum absolute atomic E-state index is 12.4. The van der Waals surface area contributed by atoms with E-state index in [2.05, 4.69) is 14.9 Å². The molecular weight excluding hydrogens is 324 g/mol. The summed E-state index contributed by atoms with van der Waals surface area (Å²) in [6.07, 6.45) is 0. The Balaban J connectivity index is 1.92. The molecule has 1 aromatic heterocycles. The van der Waals surface area contributed by atoms with E-state index in [0.29, 0.717) is 5.56 Å². The van der Waals surface area contributed by atoms with Crippen LogP contribution in [-0.2, 0) is 0 Å². The maximum Gasteiger partial charge on any atom is 0.387 e. The highest BCUT2D eigenvalue weighted by molar-refractivity contribution is 5.65. The summed E-state index contributed by atoms with van der Waals surface area (Å²) >= 11 is 0. The first-order valence-electron chi connectivity index (χ1n) is 6.67. The van der Waals surface area contributed by atoms with Gasteiger partial charge in [-0.1, -0.05) is 17.3 Å². The second-order valence-corrected chi connectivity index (χ2v) is 4.60. The number of non-ortho nitro benzene ring substituents is 1. The summed E-state index contributed by atoms with van der Waals surface area (Å²) in [7, 11) is 0. The number of ether oxygens (including phenoxy) is 1. The number of nitrogens with zero attached hydrogens (tertiary/aromatic N) is 3. The zero-order valence-corrected chi connectivity index (χ0v) is 11.9. The summed E-state index contributed by atoms with van der Waals surface area (Å²) in [5.74, 6) is 0.0813. The van der Waals surface area contributed by atoms with Crippen molar-refractivity contribution in [3.05, 3.63) is 58.6 Å². The van der Waals surface area contributed by atoms with Crippen molar-refractivity contribution in [2.45, 2.75) is 6.61 Å². The number of nitro groups is 1. The van der Waals surface area contributed by atoms with E-state index in [1.807, 2.05) is 0 Å². The normalized spacial score (nSPS) is 10.8. The molecule has 122 valence electrons. The van der Waals surface area contributed by atoms with Gasteiger partial charge in [0.05, 0.1) is 10.5 Å². The summed E-state index contributed by atoms with van der Waals surface area (Å²) in [6.45, 7) is -2.98. The fourth-order valence-corrected chi connectivity index (χ4v) is 2.02. The van der Waals surface area contributed by atoms with Crippen LogP contribution in [0.5, 0.6) is 5.75 Å². The molecule has 7 nitrogen and oxygen atoms in total. The second-order valence-electron chi connectivity index (χ2n) is 4.60. The maximum atomic E-state index is 12.4. The molecule has 1 heterocycles. The molecule has 0 fully saturated rings. The van der Waals surface area contributed by atoms with Gasteiger partial charge >= 0.3 is 6.61 Å². The van der Waals surface area contributed by atoms with E-state index in [9.17, 15) is 18.9 Å². The molecule has 0 aliphatic rings. The molecule has 24 heavy (non-hydrogen) atoms. The molecule has 0 aliphatic carbocycles. The number of rotatable bonds is 5. The number of benzene rings is 2. The molecule has 3 rings (SSSR count). The smallest absolute Gasteiger partial charge is 0.387 e. The SMILES string of the molecule is O=[N+]([O-])c1ccc(-c2noc(-c3ccccc3OC(F)F)n2)cc1. The zero-order valence-electron chi connectivity index (χ0n) is 11.9. The lowest BCUT2D eigenvalue weighted by molar-refractivity contribution is -0.384. The average Bonchev–Trinajstić information content (AvgIpc) is 3.04. The molecule has 0 spiro atoms. The van der Waals surface area contributed by atoms with Crippen LogP contribution >= 0.6 is 0 Å². The predicted molar refractivity (Wildman–Crippen MR) is 78.5 cm³/mol. The summed E-state index contributed by atoms with van der Waals surface area (Å²) in [4.78, 5) is 14.2. The molecule has 0 radical (unpaired) electrons. The highest BCUT2D eigenvalue weighted by atomic mass is 19.3. The van der Waals surface area contributed by atoms with E-state index >= 15 is 0 Å². The van der Waals surface area contributed by atoms with Crippen molar-refractivity contribution in [3.63, 3.8) is 0 Å². The Kier molecular flexibility index (Phi) is 4.15. The van der Waals surface area contributed by atoms with Crippen LogP contribution in [0.4, 0.5) is 14.5 Å². The molecule has 0 saturated heterocycles. The van der Waals surface area contributed by atoms with Crippen LogP contribution in [0.15, 0.2) is 53.1 Å². The lowest BCUT2D eigenvalue weighted by Gasteiger charge is -2.06. The van der Waals surface area contributed by atoms with Crippen molar-refractivity contribution in [2.24, 2.45) is 0 Å². The van der Waals surface area contributed by atoms with Gasteiger partial charge in [0.1, 0.15) is 5.75 Å². The van der Waals surface area contributed by atoms with Crippen molar-refractivity contribution in [1.82, 2.24) is 10.1 Å². The Morgan fingerprint density at radius 3 is 2.50 bits per heavy atom. The van der Waals surface area contributed by atoms with Crippen molar-refractivity contribution in [3.8, 4) is 28.6 Å². The Labute approximate surface area is 133 Å². The number of halogens is 2. The second kappa shape index (κ2) is 6.41. The minimum Gasteiger partial charge on any atom is -0.434 e. The van der Waals surface area contributed by atoms with Gasteiger partial charge in [0.15, 0.2) is 0 Å². The summed E-state index contributed by atoms with van der Waals surface area (Å²) < 4.78 is 34.4. The van der Waals surface area contributed by atoms with E-state index in [1.165, 1.54) is 42.5 Å². The first-order chi connectivity index (χ1) is 11.5. The predicted octanol–water partition coefficient (Wildman–Crippen LogP) is 3.91. The third-order valence-electron chi connectivity index (χ3n) is 3.10. The third-order valence-corrected chi connectivity index (χ3v) is 3.10. The molecule has 0 N–H and O–H groups in total. The average molecular weight is 333 g/mol. The van der Waals surface area contributed by atoms with E-state index in [0.717, 1.165) is 0 Å². The monoisotopic (exact) mass is 333 g/mol. The zero-order chi connectivity index (χ0) is 17.1. The van der Waals surface area contributed by atoms with Crippen LogP contribution in [0.3, 0.4) is 0 Å². The van der Waals surface area contributed by atoms with Crippen molar-refractivity contribution >= 4 is 5.69 Å². The number of aromatic nitrogens is 2. The first kappa shape index (κ1) is 15.5. The molecule has 9 heteroatoms. The number of alkyl halides is 2. The van der Waals surface area contributed by atoms with E-state index in [-0.39, 0.29) is 28.7 Å². The van der Waals surface area contributed by atoms with Gasteiger partial charge in [0.25, 0.3) is 11.6 Å². The molecule has 2 aromatic carbocycles. The van der Waals surface area contributed by atoms with Crippen LogP contribution in [0.1, 0.15) is 0 Å². The lowest BCUT2D eigenvalue weighted by Crippen LogP contribution is -2.03. The van der Waals surface area contributed by atoms with Gasteiger partial charge in [-0.3, -0.25) is 10.1 Å². The van der Waals surface area contributed by atoms with Crippen LogP contribution in [-0.4, -0.2) is 21.7 Å². The highest BCUT2D eigenvalue weighted by Gasteiger charge is 2.17.